The maximum Gasteiger partial charge on any atom is 0.262 e. The number of carbonyl (C=O) groups is 2. The van der Waals surface area contributed by atoms with Crippen molar-refractivity contribution in [2.45, 2.75) is 51.2 Å². The lowest BCUT2D eigenvalue weighted by atomic mass is 9.96. The second-order valence-corrected chi connectivity index (χ2v) is 8.22. The highest BCUT2D eigenvalue weighted by Crippen LogP contribution is 2.23. The summed E-state index contributed by atoms with van der Waals surface area (Å²) in [6.07, 6.45) is 3.02. The number of nitrogens with one attached hydrogen (secondary N) is 1. The van der Waals surface area contributed by atoms with Crippen LogP contribution in [0.5, 0.6) is 0 Å². The van der Waals surface area contributed by atoms with Crippen molar-refractivity contribution in [2.24, 2.45) is 5.73 Å². The van der Waals surface area contributed by atoms with E-state index in [1.807, 2.05) is 17.9 Å². The van der Waals surface area contributed by atoms with E-state index in [4.69, 9.17) is 5.73 Å². The Labute approximate surface area is 143 Å². The average molecular weight is 388 g/mol. The van der Waals surface area contributed by atoms with Crippen molar-refractivity contribution in [1.82, 2.24) is 10.2 Å². The van der Waals surface area contributed by atoms with Gasteiger partial charge in [-0.3, -0.25) is 9.59 Å². The van der Waals surface area contributed by atoms with Gasteiger partial charge < -0.3 is 16.0 Å². The second-order valence-electron chi connectivity index (χ2n) is 5.75. The molecule has 22 heavy (non-hydrogen) atoms. The summed E-state index contributed by atoms with van der Waals surface area (Å²) in [4.78, 5) is 27.2. The van der Waals surface area contributed by atoms with Crippen molar-refractivity contribution >= 4 is 39.1 Å². The largest absolute Gasteiger partial charge is 0.340 e. The quantitative estimate of drug-likeness (QED) is 0.832. The number of piperidine rings is 1. The first-order chi connectivity index (χ1) is 10.4. The van der Waals surface area contributed by atoms with Crippen LogP contribution >= 0.6 is 27.3 Å². The Morgan fingerprint density at radius 3 is 2.73 bits per heavy atom. The second kappa shape index (κ2) is 7.57. The van der Waals surface area contributed by atoms with Gasteiger partial charge in [0.05, 0.1) is 8.66 Å². The topological polar surface area (TPSA) is 75.4 Å². The zero-order valence-corrected chi connectivity index (χ0v) is 15.2. The number of amides is 2. The molecule has 7 heteroatoms. The zero-order valence-electron chi connectivity index (χ0n) is 12.8. The standard InChI is InChI=1S/C15H22BrN3O2S/c1-9(17)11-5-3-4-8-19(11)15(21)10(2)18-14(20)12-6-7-13(16)22-12/h6-7,9-11H,3-5,8,17H2,1-2H3,(H,18,20). The molecule has 2 heterocycles. The van der Waals surface area contributed by atoms with Gasteiger partial charge in [0.1, 0.15) is 6.04 Å². The maximum absolute atomic E-state index is 12.6. The lowest BCUT2D eigenvalue weighted by Gasteiger charge is -2.39. The summed E-state index contributed by atoms with van der Waals surface area (Å²) < 4.78 is 0.893. The molecule has 0 radical (unpaired) electrons. The van der Waals surface area contributed by atoms with E-state index in [1.165, 1.54) is 11.3 Å². The SMILES string of the molecule is CC(NC(=O)c1ccc(Br)s1)C(=O)N1CCCCC1C(C)N. The molecule has 0 spiro atoms. The molecule has 0 aliphatic carbocycles. The van der Waals surface area contributed by atoms with Gasteiger partial charge in [-0.2, -0.15) is 0 Å². The number of hydrogen-bond acceptors (Lipinski definition) is 4. The van der Waals surface area contributed by atoms with E-state index < -0.39 is 6.04 Å². The summed E-state index contributed by atoms with van der Waals surface area (Å²) >= 11 is 4.68. The molecular formula is C15H22BrN3O2S. The number of nitrogens with two attached hydrogens (primary N) is 1. The van der Waals surface area contributed by atoms with Crippen LogP contribution in [-0.2, 0) is 4.79 Å². The third-order valence-electron chi connectivity index (χ3n) is 3.95. The molecular weight excluding hydrogens is 366 g/mol. The van der Waals surface area contributed by atoms with E-state index in [1.54, 1.807) is 13.0 Å². The molecule has 5 nitrogen and oxygen atoms in total. The molecule has 1 aromatic rings. The molecule has 3 atom stereocenters. The van der Waals surface area contributed by atoms with Gasteiger partial charge in [0, 0.05) is 18.6 Å². The predicted molar refractivity (Wildman–Crippen MR) is 91.9 cm³/mol. The Morgan fingerprint density at radius 2 is 2.14 bits per heavy atom. The fourth-order valence-electron chi connectivity index (χ4n) is 2.79. The van der Waals surface area contributed by atoms with Gasteiger partial charge in [0.25, 0.3) is 5.91 Å². The third-order valence-corrected chi connectivity index (χ3v) is 5.58. The van der Waals surface area contributed by atoms with Crippen LogP contribution in [0.15, 0.2) is 15.9 Å². The van der Waals surface area contributed by atoms with Crippen LogP contribution < -0.4 is 11.1 Å². The van der Waals surface area contributed by atoms with Gasteiger partial charge in [-0.15, -0.1) is 11.3 Å². The molecule has 0 saturated carbocycles. The lowest BCUT2D eigenvalue weighted by molar-refractivity contribution is -0.137. The van der Waals surface area contributed by atoms with Crippen LogP contribution in [0.2, 0.25) is 0 Å². The van der Waals surface area contributed by atoms with Gasteiger partial charge in [0.2, 0.25) is 5.91 Å². The van der Waals surface area contributed by atoms with Crippen LogP contribution in [-0.4, -0.2) is 41.4 Å². The highest BCUT2D eigenvalue weighted by Gasteiger charge is 2.32. The lowest BCUT2D eigenvalue weighted by Crippen LogP contribution is -2.56. The van der Waals surface area contributed by atoms with Gasteiger partial charge >= 0.3 is 0 Å². The minimum Gasteiger partial charge on any atom is -0.340 e. The van der Waals surface area contributed by atoms with E-state index in [2.05, 4.69) is 21.2 Å². The molecule has 1 saturated heterocycles. The number of carbonyl (C=O) groups excluding carboxylic acids is 2. The third kappa shape index (κ3) is 4.08. The van der Waals surface area contributed by atoms with Gasteiger partial charge in [-0.05, 0) is 61.2 Å². The van der Waals surface area contributed by atoms with Crippen LogP contribution in [0, 0.1) is 0 Å². The molecule has 122 valence electrons. The molecule has 2 rings (SSSR count). The normalized spacial score (nSPS) is 21.3. The van der Waals surface area contributed by atoms with Crippen molar-refractivity contribution in [1.29, 1.82) is 0 Å². The van der Waals surface area contributed by atoms with Gasteiger partial charge in [0.15, 0.2) is 0 Å². The first-order valence-corrected chi connectivity index (χ1v) is 9.13. The molecule has 1 aliphatic rings. The van der Waals surface area contributed by atoms with Gasteiger partial charge in [-0.25, -0.2) is 0 Å². The predicted octanol–water partition coefficient (Wildman–Crippen LogP) is 2.36. The highest BCUT2D eigenvalue weighted by atomic mass is 79.9. The Morgan fingerprint density at radius 1 is 1.41 bits per heavy atom. The zero-order chi connectivity index (χ0) is 16.3. The molecule has 1 aliphatic heterocycles. The van der Waals surface area contributed by atoms with Gasteiger partial charge in [-0.1, -0.05) is 0 Å². The van der Waals surface area contributed by atoms with Crippen LogP contribution in [0.1, 0.15) is 42.8 Å². The number of hydrogen-bond donors (Lipinski definition) is 2. The molecule has 0 aromatic carbocycles. The van der Waals surface area contributed by atoms with E-state index >= 15 is 0 Å². The summed E-state index contributed by atoms with van der Waals surface area (Å²) in [7, 11) is 0. The number of likely N-dealkylation sites (tertiary alicyclic amines) is 1. The van der Waals surface area contributed by atoms with Crippen molar-refractivity contribution in [3.63, 3.8) is 0 Å². The summed E-state index contributed by atoms with van der Waals surface area (Å²) in [6.45, 7) is 4.38. The summed E-state index contributed by atoms with van der Waals surface area (Å²) in [5, 5.41) is 2.78. The first-order valence-electron chi connectivity index (χ1n) is 7.52. The van der Waals surface area contributed by atoms with Crippen molar-refractivity contribution in [2.75, 3.05) is 6.54 Å². The summed E-state index contributed by atoms with van der Waals surface area (Å²) in [6, 6.07) is 3.03. The first kappa shape index (κ1) is 17.4. The number of nitrogens with zero attached hydrogens (tertiary/aromatic N) is 1. The van der Waals surface area contributed by atoms with Crippen LogP contribution in [0.25, 0.3) is 0 Å². The highest BCUT2D eigenvalue weighted by molar-refractivity contribution is 9.11. The molecule has 2 amide bonds. The van der Waals surface area contributed by atoms with Crippen LogP contribution in [0.4, 0.5) is 0 Å². The minimum absolute atomic E-state index is 0.0500. The van der Waals surface area contributed by atoms with Crippen molar-refractivity contribution in [3.05, 3.63) is 20.8 Å². The molecule has 1 fully saturated rings. The Kier molecular flexibility index (Phi) is 6.00. The van der Waals surface area contributed by atoms with E-state index in [9.17, 15) is 9.59 Å². The van der Waals surface area contributed by atoms with Crippen molar-refractivity contribution < 1.29 is 9.59 Å². The maximum atomic E-state index is 12.6. The number of halogens is 1. The molecule has 0 bridgehead atoms. The molecule has 3 unspecified atom stereocenters. The Hall–Kier alpha value is -0.920. The van der Waals surface area contributed by atoms with Crippen LogP contribution in [0.3, 0.4) is 0 Å². The van der Waals surface area contributed by atoms with E-state index in [-0.39, 0.29) is 23.9 Å². The summed E-state index contributed by atoms with van der Waals surface area (Å²) in [5.74, 6) is -0.267. The Balaban J connectivity index is 2.00. The minimum atomic E-state index is -0.548. The molecule has 3 N–H and O–H groups in total. The fourth-order valence-corrected chi connectivity index (χ4v) is 4.08. The monoisotopic (exact) mass is 387 g/mol. The molecule has 1 aromatic heterocycles. The smallest absolute Gasteiger partial charge is 0.262 e. The summed E-state index contributed by atoms with van der Waals surface area (Å²) in [5.41, 5.74) is 6.01. The Bertz CT molecular complexity index is 547. The van der Waals surface area contributed by atoms with Crippen molar-refractivity contribution in [3.8, 4) is 0 Å². The fraction of sp³-hybridized carbons (Fsp3) is 0.600. The van der Waals surface area contributed by atoms with E-state index in [0.29, 0.717) is 4.88 Å². The van der Waals surface area contributed by atoms with E-state index in [0.717, 1.165) is 29.6 Å². The average Bonchev–Trinajstić information content (AvgIpc) is 2.93. The number of rotatable bonds is 4. The number of thiophene rings is 1.